The highest BCUT2D eigenvalue weighted by Crippen LogP contribution is 2.21. The van der Waals surface area contributed by atoms with Crippen LogP contribution in [-0.2, 0) is 6.54 Å². The maximum atomic E-state index is 13.5. The van der Waals surface area contributed by atoms with Crippen molar-refractivity contribution in [2.75, 3.05) is 12.4 Å². The smallest absolute Gasteiger partial charge is 0.167 e. The fourth-order valence-corrected chi connectivity index (χ4v) is 1.79. The highest BCUT2D eigenvalue weighted by molar-refractivity contribution is 5.47. The van der Waals surface area contributed by atoms with Crippen LogP contribution in [0.3, 0.4) is 0 Å². The van der Waals surface area contributed by atoms with Crippen LogP contribution in [0.4, 0.5) is 10.1 Å². The Labute approximate surface area is 111 Å². The Morgan fingerprint density at radius 1 is 1.42 bits per heavy atom. The molecule has 0 unspecified atom stereocenters. The molecule has 1 aromatic heterocycles. The molecule has 0 aliphatic carbocycles. The predicted octanol–water partition coefficient (Wildman–Crippen LogP) is 2.62. The van der Waals surface area contributed by atoms with Crippen LogP contribution in [0.2, 0.25) is 0 Å². The van der Waals surface area contributed by atoms with Crippen LogP contribution in [0.5, 0.6) is 5.75 Å². The first kappa shape index (κ1) is 13.3. The second-order valence-electron chi connectivity index (χ2n) is 4.42. The number of nitrogens with zero attached hydrogens (tertiary/aromatic N) is 3. The van der Waals surface area contributed by atoms with Crippen molar-refractivity contribution < 1.29 is 9.13 Å². The number of halogens is 1. The lowest BCUT2D eigenvalue weighted by Gasteiger charge is -2.11. The SMILES string of the molecule is COc1ccc(NCc2ncnn2C(C)C)cc1F. The van der Waals surface area contributed by atoms with E-state index in [0.717, 1.165) is 5.82 Å². The third-order valence-corrected chi connectivity index (χ3v) is 2.74. The van der Waals surface area contributed by atoms with E-state index in [4.69, 9.17) is 4.74 Å². The first-order chi connectivity index (χ1) is 9.11. The van der Waals surface area contributed by atoms with Crippen LogP contribution in [0.15, 0.2) is 24.5 Å². The highest BCUT2D eigenvalue weighted by Gasteiger charge is 2.08. The van der Waals surface area contributed by atoms with Crippen LogP contribution in [-0.4, -0.2) is 21.9 Å². The molecule has 1 N–H and O–H groups in total. The highest BCUT2D eigenvalue weighted by atomic mass is 19.1. The fraction of sp³-hybridized carbons (Fsp3) is 0.385. The Bertz CT molecular complexity index is 553. The molecule has 2 aromatic rings. The molecule has 2 rings (SSSR count). The van der Waals surface area contributed by atoms with E-state index in [1.165, 1.54) is 19.5 Å². The lowest BCUT2D eigenvalue weighted by Crippen LogP contribution is -2.12. The van der Waals surface area contributed by atoms with Gasteiger partial charge in [-0.1, -0.05) is 0 Å². The molecular formula is C13H17FN4O. The van der Waals surface area contributed by atoms with Crippen molar-refractivity contribution in [3.05, 3.63) is 36.2 Å². The van der Waals surface area contributed by atoms with Gasteiger partial charge < -0.3 is 10.1 Å². The summed E-state index contributed by atoms with van der Waals surface area (Å²) in [5.74, 6) is 0.653. The quantitative estimate of drug-likeness (QED) is 0.902. The molecule has 1 aromatic carbocycles. The number of ether oxygens (including phenoxy) is 1. The van der Waals surface area contributed by atoms with Crippen molar-refractivity contribution >= 4 is 5.69 Å². The van der Waals surface area contributed by atoms with E-state index >= 15 is 0 Å². The van der Waals surface area contributed by atoms with Crippen LogP contribution < -0.4 is 10.1 Å². The van der Waals surface area contributed by atoms with Crippen molar-refractivity contribution in [3.63, 3.8) is 0 Å². The first-order valence-corrected chi connectivity index (χ1v) is 6.07. The zero-order valence-corrected chi connectivity index (χ0v) is 11.2. The first-order valence-electron chi connectivity index (χ1n) is 6.07. The summed E-state index contributed by atoms with van der Waals surface area (Å²) in [5, 5.41) is 7.26. The Morgan fingerprint density at radius 2 is 2.21 bits per heavy atom. The molecule has 1 heterocycles. The molecule has 19 heavy (non-hydrogen) atoms. The third kappa shape index (κ3) is 3.01. The average molecular weight is 264 g/mol. The minimum atomic E-state index is -0.391. The van der Waals surface area contributed by atoms with Crippen LogP contribution in [0.1, 0.15) is 25.7 Å². The molecule has 0 spiro atoms. The molecule has 0 atom stereocenters. The summed E-state index contributed by atoms with van der Waals surface area (Å²) in [6.07, 6.45) is 1.52. The van der Waals surface area contributed by atoms with E-state index in [2.05, 4.69) is 15.4 Å². The Morgan fingerprint density at radius 3 is 2.84 bits per heavy atom. The van der Waals surface area contributed by atoms with Gasteiger partial charge in [0.05, 0.1) is 13.7 Å². The number of benzene rings is 1. The Balaban J connectivity index is 2.06. The number of hydrogen-bond donors (Lipinski definition) is 1. The third-order valence-electron chi connectivity index (χ3n) is 2.74. The number of hydrogen-bond acceptors (Lipinski definition) is 4. The molecular weight excluding hydrogens is 247 g/mol. The second kappa shape index (κ2) is 5.69. The van der Waals surface area contributed by atoms with Crippen molar-refractivity contribution in [1.29, 1.82) is 0 Å². The Kier molecular flexibility index (Phi) is 3.99. The molecule has 0 amide bonds. The molecule has 0 radical (unpaired) electrons. The van der Waals surface area contributed by atoms with Gasteiger partial charge in [0.1, 0.15) is 12.2 Å². The molecule has 0 fully saturated rings. The van der Waals surface area contributed by atoms with E-state index in [9.17, 15) is 4.39 Å². The maximum absolute atomic E-state index is 13.5. The van der Waals surface area contributed by atoms with Gasteiger partial charge in [0.15, 0.2) is 11.6 Å². The lowest BCUT2D eigenvalue weighted by molar-refractivity contribution is 0.386. The van der Waals surface area contributed by atoms with Gasteiger partial charge in [0, 0.05) is 17.8 Å². The average Bonchev–Trinajstić information content (AvgIpc) is 2.85. The minimum absolute atomic E-state index is 0.232. The van der Waals surface area contributed by atoms with E-state index in [-0.39, 0.29) is 11.8 Å². The summed E-state index contributed by atoms with van der Waals surface area (Å²) in [6, 6.07) is 4.99. The Hall–Kier alpha value is -2.11. The molecule has 0 saturated heterocycles. The number of rotatable bonds is 5. The molecule has 102 valence electrons. The predicted molar refractivity (Wildman–Crippen MR) is 70.7 cm³/mol. The number of aromatic nitrogens is 3. The zero-order valence-electron chi connectivity index (χ0n) is 11.2. The standard InChI is InChI=1S/C13H17FN4O/c1-9(2)18-13(16-8-17-18)7-15-10-4-5-12(19-3)11(14)6-10/h4-6,8-9,15H,7H2,1-3H3. The van der Waals surface area contributed by atoms with Crippen LogP contribution in [0, 0.1) is 5.82 Å². The van der Waals surface area contributed by atoms with Gasteiger partial charge in [0.25, 0.3) is 0 Å². The second-order valence-corrected chi connectivity index (χ2v) is 4.42. The van der Waals surface area contributed by atoms with Gasteiger partial charge in [-0.2, -0.15) is 5.10 Å². The van der Waals surface area contributed by atoms with Crippen LogP contribution in [0.25, 0.3) is 0 Å². The van der Waals surface area contributed by atoms with E-state index in [0.29, 0.717) is 12.2 Å². The summed E-state index contributed by atoms with van der Waals surface area (Å²) in [5.41, 5.74) is 0.677. The summed E-state index contributed by atoms with van der Waals surface area (Å²) in [4.78, 5) is 4.18. The molecule has 5 nitrogen and oxygen atoms in total. The maximum Gasteiger partial charge on any atom is 0.167 e. The largest absolute Gasteiger partial charge is 0.494 e. The number of methoxy groups -OCH3 is 1. The monoisotopic (exact) mass is 264 g/mol. The fourth-order valence-electron chi connectivity index (χ4n) is 1.79. The van der Waals surface area contributed by atoms with E-state index < -0.39 is 5.82 Å². The molecule has 0 aliphatic heterocycles. The van der Waals surface area contributed by atoms with Crippen molar-refractivity contribution in [1.82, 2.24) is 14.8 Å². The number of anilines is 1. The van der Waals surface area contributed by atoms with Crippen LogP contribution >= 0.6 is 0 Å². The lowest BCUT2D eigenvalue weighted by atomic mass is 10.3. The summed E-state index contributed by atoms with van der Waals surface area (Å²) >= 11 is 0. The van der Waals surface area contributed by atoms with E-state index in [1.54, 1.807) is 12.1 Å². The summed E-state index contributed by atoms with van der Waals surface area (Å²) in [6.45, 7) is 4.56. The van der Waals surface area contributed by atoms with Crippen molar-refractivity contribution in [2.24, 2.45) is 0 Å². The zero-order chi connectivity index (χ0) is 13.8. The molecule has 0 bridgehead atoms. The summed E-state index contributed by atoms with van der Waals surface area (Å²) < 4.78 is 20.2. The van der Waals surface area contributed by atoms with Gasteiger partial charge in [-0.05, 0) is 26.0 Å². The number of nitrogens with one attached hydrogen (secondary N) is 1. The van der Waals surface area contributed by atoms with Gasteiger partial charge in [0.2, 0.25) is 0 Å². The van der Waals surface area contributed by atoms with Crippen molar-refractivity contribution in [2.45, 2.75) is 26.4 Å². The van der Waals surface area contributed by atoms with Gasteiger partial charge in [-0.25, -0.2) is 14.1 Å². The molecule has 0 aliphatic rings. The topological polar surface area (TPSA) is 52.0 Å². The summed E-state index contributed by atoms with van der Waals surface area (Å²) in [7, 11) is 1.44. The van der Waals surface area contributed by atoms with Gasteiger partial charge in [-0.15, -0.1) is 0 Å². The van der Waals surface area contributed by atoms with Gasteiger partial charge in [-0.3, -0.25) is 0 Å². The minimum Gasteiger partial charge on any atom is -0.494 e. The molecule has 0 saturated carbocycles. The van der Waals surface area contributed by atoms with E-state index in [1.807, 2.05) is 18.5 Å². The molecule has 6 heteroatoms. The van der Waals surface area contributed by atoms with Crippen molar-refractivity contribution in [3.8, 4) is 5.75 Å². The van der Waals surface area contributed by atoms with Gasteiger partial charge >= 0.3 is 0 Å². The normalized spacial score (nSPS) is 10.8.